The number of hydrogen-bond acceptors (Lipinski definition) is 13. The van der Waals surface area contributed by atoms with Crippen LogP contribution in [-0.4, -0.2) is 91.4 Å². The van der Waals surface area contributed by atoms with Gasteiger partial charge in [0.25, 0.3) is 0 Å². The largest absolute Gasteiger partial charge is 0.497 e. The van der Waals surface area contributed by atoms with Gasteiger partial charge in [0, 0.05) is 75.2 Å². The molecule has 16 heteroatoms. The lowest BCUT2D eigenvalue weighted by Crippen LogP contribution is -2.31. The van der Waals surface area contributed by atoms with Gasteiger partial charge in [-0.2, -0.15) is 0 Å². The first-order chi connectivity index (χ1) is 35.0. The molecular weight excluding hydrogens is 917 g/mol. The second kappa shape index (κ2) is 19.4. The van der Waals surface area contributed by atoms with E-state index < -0.39 is 8.07 Å². The van der Waals surface area contributed by atoms with Crippen LogP contribution in [0.4, 0.5) is 11.6 Å². The Morgan fingerprint density at radius 3 is 1.75 bits per heavy atom. The second-order valence-corrected chi connectivity index (χ2v) is 25.5. The molecule has 4 aromatic carbocycles. The standard InChI is InChI=1S/C31H36N6O2Si.C25H22N6O/c1-21-35-29-16-24(17-32-31(29)37(21)20-39-12-13-40(3,4)5)23-7-9-28-27(15-23)30(34-19-33-28)36-11-10-22-6-8-26(38-2)14-25(22)18-36;1-15-29-23-11-18(12-26-24(23)30-15)17-4-6-22-21(10-17)25(28-14-27-22)31-8-7-16-3-5-20(32-2)9-19(16)13-31/h6-9,14-17,19H,10-13,18,20H2,1-5H3;3-6,9-12,14H,7-8,13H2,1-2H3,(H,26,29,30). The summed E-state index contributed by atoms with van der Waals surface area (Å²) >= 11 is 0. The SMILES string of the molecule is COc1ccc2c(c1)CN(c1ncnc3ccc(-c4cnc5c(c4)nc(C)n5COCC[Si](C)(C)C)cc13)CC2.COc1ccc2c(c1)CN(c1ncnc3ccc(-c4cnc5nc(C)[nH]c5c4)cc13)CC2. The van der Waals surface area contributed by atoms with Crippen LogP contribution in [0.25, 0.3) is 66.4 Å². The number of ether oxygens (including phenoxy) is 3. The van der Waals surface area contributed by atoms with Crippen molar-refractivity contribution in [2.24, 2.45) is 0 Å². The van der Waals surface area contributed by atoms with Crippen molar-refractivity contribution in [2.45, 2.75) is 72.2 Å². The van der Waals surface area contributed by atoms with E-state index in [1.807, 2.05) is 38.4 Å². The van der Waals surface area contributed by atoms with Gasteiger partial charge in [0.1, 0.15) is 59.7 Å². The smallest absolute Gasteiger partial charge is 0.177 e. The lowest BCUT2D eigenvalue weighted by Gasteiger charge is -2.30. The van der Waals surface area contributed by atoms with Gasteiger partial charge >= 0.3 is 0 Å². The van der Waals surface area contributed by atoms with Crippen LogP contribution in [-0.2, 0) is 37.4 Å². The molecule has 0 fully saturated rings. The first-order valence-corrected chi connectivity index (χ1v) is 28.2. The minimum absolute atomic E-state index is 0.473. The topological polar surface area (TPSA) is 158 Å². The third-order valence-corrected chi connectivity index (χ3v) is 15.5. The average Bonchev–Trinajstić information content (AvgIpc) is 3.94. The van der Waals surface area contributed by atoms with E-state index in [-0.39, 0.29) is 0 Å². The summed E-state index contributed by atoms with van der Waals surface area (Å²) in [5, 5.41) is 2.07. The molecule has 0 unspecified atom stereocenters. The molecule has 12 rings (SSSR count). The first-order valence-electron chi connectivity index (χ1n) is 24.5. The van der Waals surface area contributed by atoms with Crippen molar-refractivity contribution in [2.75, 3.05) is 43.7 Å². The minimum atomic E-state index is -1.13. The van der Waals surface area contributed by atoms with E-state index in [4.69, 9.17) is 29.2 Å². The average molecular weight is 975 g/mol. The van der Waals surface area contributed by atoms with Crippen LogP contribution < -0.4 is 19.3 Å². The van der Waals surface area contributed by atoms with Crippen molar-refractivity contribution < 1.29 is 14.2 Å². The van der Waals surface area contributed by atoms with Crippen LogP contribution in [0.5, 0.6) is 11.5 Å². The Morgan fingerprint density at radius 2 is 1.17 bits per heavy atom. The van der Waals surface area contributed by atoms with E-state index in [1.54, 1.807) is 26.9 Å². The molecule has 0 saturated heterocycles. The van der Waals surface area contributed by atoms with Crippen LogP contribution in [0, 0.1) is 13.8 Å². The van der Waals surface area contributed by atoms with Crippen LogP contribution in [0.15, 0.2) is 110 Å². The molecule has 0 spiro atoms. The highest BCUT2D eigenvalue weighted by atomic mass is 28.3. The molecule has 0 amide bonds. The van der Waals surface area contributed by atoms with Crippen molar-refractivity contribution >= 4 is 63.8 Å². The summed E-state index contributed by atoms with van der Waals surface area (Å²) in [6, 6.07) is 30.7. The van der Waals surface area contributed by atoms with E-state index in [1.165, 1.54) is 22.3 Å². The van der Waals surface area contributed by atoms with Crippen LogP contribution in [0.3, 0.4) is 0 Å². The number of benzene rings is 4. The zero-order chi connectivity index (χ0) is 49.5. The quantitative estimate of drug-likeness (QED) is 0.0965. The maximum Gasteiger partial charge on any atom is 0.177 e. The first kappa shape index (κ1) is 46.6. The molecule has 2 aliphatic heterocycles. The number of aromatic amines is 1. The van der Waals surface area contributed by atoms with E-state index in [0.717, 1.165) is 153 Å². The number of aromatic nitrogens is 10. The Morgan fingerprint density at radius 1 is 0.583 bits per heavy atom. The number of anilines is 2. The molecule has 6 aromatic heterocycles. The highest BCUT2D eigenvalue weighted by molar-refractivity contribution is 6.76. The molecule has 1 N–H and O–H groups in total. The number of aryl methyl sites for hydroxylation is 2. The van der Waals surface area contributed by atoms with Gasteiger partial charge in [-0.3, -0.25) is 4.57 Å². The normalized spacial score (nSPS) is 13.6. The third kappa shape index (κ3) is 9.54. The van der Waals surface area contributed by atoms with Gasteiger partial charge in [-0.25, -0.2) is 39.9 Å². The zero-order valence-corrected chi connectivity index (χ0v) is 42.9. The second-order valence-electron chi connectivity index (χ2n) is 19.9. The molecule has 0 aliphatic carbocycles. The van der Waals surface area contributed by atoms with Gasteiger partial charge in [0.2, 0.25) is 0 Å². The molecule has 10 aromatic rings. The summed E-state index contributed by atoms with van der Waals surface area (Å²) in [5.74, 6) is 5.44. The van der Waals surface area contributed by atoms with Crippen LogP contribution >= 0.6 is 0 Å². The lowest BCUT2D eigenvalue weighted by molar-refractivity contribution is 0.0881. The Hall–Kier alpha value is -7.82. The van der Waals surface area contributed by atoms with E-state index in [2.05, 4.69) is 137 Å². The highest BCUT2D eigenvalue weighted by Crippen LogP contribution is 2.35. The van der Waals surface area contributed by atoms with Gasteiger partial charge in [-0.1, -0.05) is 43.9 Å². The Balaban J connectivity index is 0.000000159. The van der Waals surface area contributed by atoms with E-state index in [9.17, 15) is 0 Å². The fourth-order valence-corrected chi connectivity index (χ4v) is 10.5. The maximum atomic E-state index is 6.00. The number of hydrogen-bond donors (Lipinski definition) is 1. The summed E-state index contributed by atoms with van der Waals surface area (Å²) in [6.45, 7) is 15.7. The summed E-state index contributed by atoms with van der Waals surface area (Å²) in [6.07, 6.45) is 9.05. The highest BCUT2D eigenvalue weighted by Gasteiger charge is 2.23. The fraction of sp³-hybridized carbons (Fsp3) is 0.286. The van der Waals surface area contributed by atoms with Crippen molar-refractivity contribution in [3.05, 3.63) is 144 Å². The summed E-state index contributed by atoms with van der Waals surface area (Å²) in [7, 11) is 2.29. The number of pyridine rings is 2. The molecule has 2 aliphatic rings. The number of H-pyrrole nitrogens is 1. The molecule has 0 atom stereocenters. The van der Waals surface area contributed by atoms with Gasteiger partial charge in [0.05, 0.1) is 30.8 Å². The maximum absolute atomic E-state index is 6.00. The monoisotopic (exact) mass is 974 g/mol. The number of imidazole rings is 2. The fourth-order valence-electron chi connectivity index (χ4n) is 9.78. The van der Waals surface area contributed by atoms with Gasteiger partial charge in [-0.15, -0.1) is 0 Å². The van der Waals surface area contributed by atoms with Crippen molar-refractivity contribution in [1.82, 2.24) is 49.4 Å². The van der Waals surface area contributed by atoms with Gasteiger partial charge in [-0.05, 0) is 127 Å². The lowest BCUT2D eigenvalue weighted by atomic mass is 9.98. The number of nitrogens with one attached hydrogen (secondary N) is 1. The number of nitrogens with zero attached hydrogens (tertiary/aromatic N) is 11. The molecule has 0 radical (unpaired) electrons. The summed E-state index contributed by atoms with van der Waals surface area (Å²) in [5.41, 5.74) is 14.7. The number of methoxy groups -OCH3 is 2. The molecule has 0 saturated carbocycles. The Kier molecular flexibility index (Phi) is 12.5. The minimum Gasteiger partial charge on any atom is -0.497 e. The van der Waals surface area contributed by atoms with Gasteiger partial charge in [0.15, 0.2) is 11.3 Å². The molecule has 0 bridgehead atoms. The number of rotatable bonds is 11. The van der Waals surface area contributed by atoms with Crippen molar-refractivity contribution in [3.63, 3.8) is 0 Å². The van der Waals surface area contributed by atoms with Crippen LogP contribution in [0.2, 0.25) is 25.7 Å². The molecular formula is C56H58N12O3Si. The Labute approximate surface area is 419 Å². The van der Waals surface area contributed by atoms with Crippen molar-refractivity contribution in [1.29, 1.82) is 0 Å². The van der Waals surface area contributed by atoms with Gasteiger partial charge < -0.3 is 29.0 Å². The van der Waals surface area contributed by atoms with Crippen LogP contribution in [0.1, 0.15) is 33.9 Å². The summed E-state index contributed by atoms with van der Waals surface area (Å²) < 4.78 is 19.0. The molecule has 364 valence electrons. The van der Waals surface area contributed by atoms with E-state index in [0.29, 0.717) is 6.73 Å². The molecule has 72 heavy (non-hydrogen) atoms. The molecule has 8 heterocycles. The predicted molar refractivity (Wildman–Crippen MR) is 288 cm³/mol. The molecule has 15 nitrogen and oxygen atoms in total. The Bertz CT molecular complexity index is 3640. The van der Waals surface area contributed by atoms with E-state index >= 15 is 0 Å². The predicted octanol–water partition coefficient (Wildman–Crippen LogP) is 10.7. The third-order valence-electron chi connectivity index (χ3n) is 13.8. The zero-order valence-electron chi connectivity index (χ0n) is 41.9. The number of fused-ring (bicyclic) bond motifs is 6. The summed E-state index contributed by atoms with van der Waals surface area (Å²) in [4.78, 5) is 45.0. The van der Waals surface area contributed by atoms with Crippen molar-refractivity contribution in [3.8, 4) is 33.8 Å².